The van der Waals surface area contributed by atoms with Gasteiger partial charge < -0.3 is 10.2 Å². The summed E-state index contributed by atoms with van der Waals surface area (Å²) in [5.74, 6) is 2.51. The Morgan fingerprint density at radius 1 is 1.47 bits per heavy atom. The lowest BCUT2D eigenvalue weighted by molar-refractivity contribution is -0.128. The van der Waals surface area contributed by atoms with Gasteiger partial charge in [-0.3, -0.25) is 4.79 Å². The van der Waals surface area contributed by atoms with Crippen LogP contribution in [0, 0.1) is 0 Å². The molecule has 1 amide bonds. The molecule has 3 nitrogen and oxygen atoms in total. The van der Waals surface area contributed by atoms with Gasteiger partial charge in [-0.2, -0.15) is 11.8 Å². The fraction of sp³-hybridized carbons (Fsp3) is 0.909. The van der Waals surface area contributed by atoms with E-state index >= 15 is 0 Å². The number of nitrogens with zero attached hydrogens (tertiary/aromatic N) is 1. The molecule has 0 rings (SSSR count). The van der Waals surface area contributed by atoms with Crippen molar-refractivity contribution in [1.82, 2.24) is 10.2 Å². The predicted molar refractivity (Wildman–Crippen MR) is 68.4 cm³/mol. The first kappa shape index (κ1) is 14.8. The van der Waals surface area contributed by atoms with Crippen LogP contribution >= 0.6 is 11.8 Å². The highest BCUT2D eigenvalue weighted by molar-refractivity contribution is 7.99. The van der Waals surface area contributed by atoms with Gasteiger partial charge in [0.25, 0.3) is 0 Å². The summed E-state index contributed by atoms with van der Waals surface area (Å²) in [6, 6.07) is 0.429. The summed E-state index contributed by atoms with van der Waals surface area (Å²) in [4.78, 5) is 13.2. The van der Waals surface area contributed by atoms with E-state index in [1.165, 1.54) is 11.5 Å². The second kappa shape index (κ2) is 9.04. The van der Waals surface area contributed by atoms with E-state index in [-0.39, 0.29) is 5.91 Å². The Morgan fingerprint density at radius 3 is 2.67 bits per heavy atom. The first-order valence-electron chi connectivity index (χ1n) is 5.66. The van der Waals surface area contributed by atoms with Crippen molar-refractivity contribution in [2.45, 2.75) is 33.2 Å². The summed E-state index contributed by atoms with van der Waals surface area (Å²) in [5, 5.41) is 3.25. The van der Waals surface area contributed by atoms with Gasteiger partial charge in [-0.15, -0.1) is 0 Å². The molecule has 0 aliphatic rings. The molecule has 0 aromatic carbocycles. The summed E-state index contributed by atoms with van der Waals surface area (Å²) in [6.07, 6.45) is 1.13. The fourth-order valence-corrected chi connectivity index (χ4v) is 1.89. The maximum Gasteiger partial charge on any atom is 0.236 e. The van der Waals surface area contributed by atoms with E-state index in [9.17, 15) is 4.79 Å². The van der Waals surface area contributed by atoms with E-state index in [0.717, 1.165) is 13.0 Å². The first-order chi connectivity index (χ1) is 7.11. The molecule has 0 aromatic heterocycles. The van der Waals surface area contributed by atoms with Crippen LogP contribution in [0.3, 0.4) is 0 Å². The molecule has 4 heteroatoms. The summed E-state index contributed by atoms with van der Waals surface area (Å²) in [6.45, 7) is 7.53. The molecule has 15 heavy (non-hydrogen) atoms. The Balaban J connectivity index is 3.52. The van der Waals surface area contributed by atoms with Crippen LogP contribution in [0.15, 0.2) is 0 Å². The first-order valence-corrected chi connectivity index (χ1v) is 6.82. The van der Waals surface area contributed by atoms with Gasteiger partial charge in [0.15, 0.2) is 0 Å². The summed E-state index contributed by atoms with van der Waals surface area (Å²) in [5.41, 5.74) is 0. The van der Waals surface area contributed by atoms with Crippen LogP contribution in [0.1, 0.15) is 27.2 Å². The standard InChI is InChI=1S/C11H24N2OS/c1-5-13(4)11(14)9-12-10(3)7-8-15-6-2/h10,12H,5-9H2,1-4H3. The highest BCUT2D eigenvalue weighted by atomic mass is 32.2. The van der Waals surface area contributed by atoms with Crippen molar-refractivity contribution in [2.75, 3.05) is 31.6 Å². The number of amides is 1. The Bertz CT molecular complexity index is 176. The van der Waals surface area contributed by atoms with Crippen LogP contribution in [0.4, 0.5) is 0 Å². The molecule has 0 saturated carbocycles. The Labute approximate surface area is 98.0 Å². The van der Waals surface area contributed by atoms with Gasteiger partial charge in [-0.1, -0.05) is 6.92 Å². The van der Waals surface area contributed by atoms with Gasteiger partial charge in [0.1, 0.15) is 0 Å². The molecule has 90 valence electrons. The molecule has 1 N–H and O–H groups in total. The third-order valence-corrected chi connectivity index (χ3v) is 3.33. The second-order valence-electron chi connectivity index (χ2n) is 3.68. The third kappa shape index (κ3) is 7.68. The highest BCUT2D eigenvalue weighted by Gasteiger charge is 2.08. The van der Waals surface area contributed by atoms with Gasteiger partial charge in [-0.25, -0.2) is 0 Å². The molecule has 0 aromatic rings. The molecule has 1 atom stereocenters. The molecule has 0 aliphatic carbocycles. The number of nitrogens with one attached hydrogen (secondary N) is 1. The average molecular weight is 232 g/mol. The molecule has 1 unspecified atom stereocenters. The molecular weight excluding hydrogens is 208 g/mol. The predicted octanol–water partition coefficient (Wildman–Crippen LogP) is 1.59. The Hall–Kier alpha value is -0.220. The number of hydrogen-bond acceptors (Lipinski definition) is 3. The Morgan fingerprint density at radius 2 is 2.13 bits per heavy atom. The molecule has 0 radical (unpaired) electrons. The van der Waals surface area contributed by atoms with Gasteiger partial charge >= 0.3 is 0 Å². The van der Waals surface area contributed by atoms with Gasteiger partial charge in [0.05, 0.1) is 6.54 Å². The largest absolute Gasteiger partial charge is 0.345 e. The average Bonchev–Trinajstić information content (AvgIpc) is 2.25. The lowest BCUT2D eigenvalue weighted by Crippen LogP contribution is -2.39. The number of rotatable bonds is 8. The zero-order chi connectivity index (χ0) is 11.7. The van der Waals surface area contributed by atoms with E-state index in [4.69, 9.17) is 0 Å². The van der Waals surface area contributed by atoms with Crippen molar-refractivity contribution in [2.24, 2.45) is 0 Å². The lowest BCUT2D eigenvalue weighted by Gasteiger charge is -2.17. The minimum absolute atomic E-state index is 0.174. The van der Waals surface area contributed by atoms with Gasteiger partial charge in [-0.05, 0) is 31.8 Å². The van der Waals surface area contributed by atoms with Gasteiger partial charge in [0, 0.05) is 19.6 Å². The van der Waals surface area contributed by atoms with Crippen molar-refractivity contribution in [3.63, 3.8) is 0 Å². The zero-order valence-electron chi connectivity index (χ0n) is 10.4. The molecular formula is C11H24N2OS. The van der Waals surface area contributed by atoms with Crippen molar-refractivity contribution in [3.05, 3.63) is 0 Å². The molecule has 0 spiro atoms. The Kier molecular flexibility index (Phi) is 8.91. The summed E-state index contributed by atoms with van der Waals surface area (Å²) < 4.78 is 0. The van der Waals surface area contributed by atoms with Crippen LogP contribution in [0.5, 0.6) is 0 Å². The number of carbonyl (C=O) groups is 1. The maximum absolute atomic E-state index is 11.5. The summed E-state index contributed by atoms with van der Waals surface area (Å²) >= 11 is 1.95. The van der Waals surface area contributed by atoms with Gasteiger partial charge in [0.2, 0.25) is 5.91 Å². The van der Waals surface area contributed by atoms with Crippen molar-refractivity contribution < 1.29 is 4.79 Å². The molecule has 0 aliphatic heterocycles. The summed E-state index contributed by atoms with van der Waals surface area (Å²) in [7, 11) is 1.83. The molecule has 0 fully saturated rings. The second-order valence-corrected chi connectivity index (χ2v) is 5.07. The lowest BCUT2D eigenvalue weighted by atomic mass is 10.2. The van der Waals surface area contributed by atoms with E-state index in [0.29, 0.717) is 12.6 Å². The monoisotopic (exact) mass is 232 g/mol. The topological polar surface area (TPSA) is 32.3 Å². The van der Waals surface area contributed by atoms with Crippen LogP contribution < -0.4 is 5.32 Å². The SMILES string of the molecule is CCSCCC(C)NCC(=O)N(C)CC. The van der Waals surface area contributed by atoms with E-state index in [2.05, 4.69) is 19.2 Å². The van der Waals surface area contributed by atoms with E-state index in [1.807, 2.05) is 25.7 Å². The molecule has 0 heterocycles. The number of likely N-dealkylation sites (N-methyl/N-ethyl adjacent to an activating group) is 1. The van der Waals surface area contributed by atoms with Crippen LogP contribution in [0.2, 0.25) is 0 Å². The minimum Gasteiger partial charge on any atom is -0.345 e. The fourth-order valence-electron chi connectivity index (χ4n) is 1.08. The van der Waals surface area contributed by atoms with Crippen LogP contribution in [-0.2, 0) is 4.79 Å². The molecule has 0 bridgehead atoms. The van der Waals surface area contributed by atoms with E-state index < -0.39 is 0 Å². The van der Waals surface area contributed by atoms with Crippen molar-refractivity contribution >= 4 is 17.7 Å². The quantitative estimate of drug-likeness (QED) is 0.645. The molecule has 0 saturated heterocycles. The highest BCUT2D eigenvalue weighted by Crippen LogP contribution is 2.03. The number of hydrogen-bond donors (Lipinski definition) is 1. The van der Waals surface area contributed by atoms with Crippen molar-refractivity contribution in [3.8, 4) is 0 Å². The number of carbonyl (C=O) groups excluding carboxylic acids is 1. The zero-order valence-corrected chi connectivity index (χ0v) is 11.2. The minimum atomic E-state index is 0.174. The number of thioether (sulfide) groups is 1. The normalized spacial score (nSPS) is 12.5. The van der Waals surface area contributed by atoms with Crippen LogP contribution in [0.25, 0.3) is 0 Å². The van der Waals surface area contributed by atoms with Crippen LogP contribution in [-0.4, -0.2) is 48.5 Å². The van der Waals surface area contributed by atoms with E-state index in [1.54, 1.807) is 4.90 Å². The third-order valence-electron chi connectivity index (χ3n) is 2.40. The maximum atomic E-state index is 11.5. The van der Waals surface area contributed by atoms with Crippen molar-refractivity contribution in [1.29, 1.82) is 0 Å². The smallest absolute Gasteiger partial charge is 0.236 e.